The Morgan fingerprint density at radius 2 is 2.20 bits per heavy atom. The van der Waals surface area contributed by atoms with E-state index in [1.807, 2.05) is 6.92 Å². The van der Waals surface area contributed by atoms with Gasteiger partial charge >= 0.3 is 0 Å². The van der Waals surface area contributed by atoms with Gasteiger partial charge in [0.25, 0.3) is 0 Å². The predicted molar refractivity (Wildman–Crippen MR) is 62.5 cm³/mol. The van der Waals surface area contributed by atoms with E-state index in [2.05, 4.69) is 12.2 Å². The summed E-state index contributed by atoms with van der Waals surface area (Å²) in [6.07, 6.45) is 6.46. The fourth-order valence-electron chi connectivity index (χ4n) is 2.11. The Morgan fingerprint density at radius 1 is 1.53 bits per heavy atom. The third kappa shape index (κ3) is 3.20. The lowest BCUT2D eigenvalue weighted by Crippen LogP contribution is -2.54. The first kappa shape index (κ1) is 12.5. The molecule has 0 radical (unpaired) electrons. The molecule has 1 unspecified atom stereocenters. The van der Waals surface area contributed by atoms with Crippen molar-refractivity contribution < 1.29 is 4.79 Å². The number of hydrogen-bond donors (Lipinski definition) is 2. The van der Waals surface area contributed by atoms with Crippen LogP contribution in [0.5, 0.6) is 0 Å². The molecule has 1 rings (SSSR count). The van der Waals surface area contributed by atoms with E-state index < -0.39 is 0 Å². The number of carbonyl (C=O) groups is 1. The Balaban J connectivity index is 2.33. The normalized spacial score (nSPS) is 20.5. The van der Waals surface area contributed by atoms with Gasteiger partial charge < -0.3 is 11.1 Å². The Hall–Kier alpha value is -0.570. The maximum atomic E-state index is 11.9. The van der Waals surface area contributed by atoms with Gasteiger partial charge in [-0.1, -0.05) is 13.8 Å². The molecule has 0 aromatic rings. The number of nitrogens with two attached hydrogens (primary N) is 1. The molecule has 1 aliphatic carbocycles. The zero-order chi connectivity index (χ0) is 11.3. The van der Waals surface area contributed by atoms with Crippen molar-refractivity contribution >= 4 is 5.91 Å². The smallest absolute Gasteiger partial charge is 0.223 e. The van der Waals surface area contributed by atoms with Gasteiger partial charge in [0.2, 0.25) is 5.91 Å². The van der Waals surface area contributed by atoms with Crippen LogP contribution in [0.15, 0.2) is 0 Å². The first-order valence-electron chi connectivity index (χ1n) is 6.15. The molecule has 3 heteroatoms. The molecule has 88 valence electrons. The number of amides is 1. The average molecular weight is 212 g/mol. The highest BCUT2D eigenvalue weighted by Gasteiger charge is 2.36. The second-order valence-electron chi connectivity index (χ2n) is 4.81. The minimum atomic E-state index is 0.109. The second kappa shape index (κ2) is 5.50. The highest BCUT2D eigenvalue weighted by molar-refractivity contribution is 5.79. The van der Waals surface area contributed by atoms with E-state index in [9.17, 15) is 4.79 Å². The number of carbonyl (C=O) groups excluding carboxylic acids is 1. The van der Waals surface area contributed by atoms with Gasteiger partial charge in [0, 0.05) is 11.5 Å². The molecule has 0 aromatic carbocycles. The number of rotatable bonds is 6. The third-order valence-electron chi connectivity index (χ3n) is 3.66. The van der Waals surface area contributed by atoms with Crippen LogP contribution in [0.4, 0.5) is 0 Å². The first-order valence-corrected chi connectivity index (χ1v) is 6.15. The fourth-order valence-corrected chi connectivity index (χ4v) is 2.11. The van der Waals surface area contributed by atoms with Crippen LogP contribution in [0.1, 0.15) is 52.4 Å². The predicted octanol–water partition coefficient (Wildman–Crippen LogP) is 1.81. The topological polar surface area (TPSA) is 55.1 Å². The minimum Gasteiger partial charge on any atom is -0.350 e. The van der Waals surface area contributed by atoms with Crippen LogP contribution < -0.4 is 11.1 Å². The molecule has 1 aliphatic rings. The summed E-state index contributed by atoms with van der Waals surface area (Å²) in [4.78, 5) is 11.9. The number of nitrogens with one attached hydrogen (secondary N) is 1. The highest BCUT2D eigenvalue weighted by atomic mass is 16.2. The number of hydrogen-bond acceptors (Lipinski definition) is 2. The first-order chi connectivity index (χ1) is 7.13. The quantitative estimate of drug-likeness (QED) is 0.705. The van der Waals surface area contributed by atoms with Crippen LogP contribution in [0.3, 0.4) is 0 Å². The van der Waals surface area contributed by atoms with Gasteiger partial charge in [-0.25, -0.2) is 0 Å². The minimum absolute atomic E-state index is 0.109. The third-order valence-corrected chi connectivity index (χ3v) is 3.66. The molecule has 1 amide bonds. The van der Waals surface area contributed by atoms with E-state index in [4.69, 9.17) is 5.73 Å². The molecule has 15 heavy (non-hydrogen) atoms. The molecule has 1 atom stereocenters. The lowest BCUT2D eigenvalue weighted by atomic mass is 9.74. The van der Waals surface area contributed by atoms with E-state index in [1.54, 1.807) is 0 Å². The van der Waals surface area contributed by atoms with Crippen molar-refractivity contribution in [1.29, 1.82) is 0 Å². The second-order valence-corrected chi connectivity index (χ2v) is 4.81. The van der Waals surface area contributed by atoms with E-state index in [0.717, 1.165) is 32.1 Å². The molecule has 0 spiro atoms. The summed E-state index contributed by atoms with van der Waals surface area (Å²) in [7, 11) is 0. The Labute approximate surface area is 92.8 Å². The van der Waals surface area contributed by atoms with Gasteiger partial charge in [0.1, 0.15) is 0 Å². The van der Waals surface area contributed by atoms with Gasteiger partial charge in [0.15, 0.2) is 0 Å². The molecule has 0 heterocycles. The van der Waals surface area contributed by atoms with Gasteiger partial charge in [-0.05, 0) is 45.1 Å². The van der Waals surface area contributed by atoms with Crippen LogP contribution in [-0.4, -0.2) is 18.0 Å². The van der Waals surface area contributed by atoms with Crippen LogP contribution >= 0.6 is 0 Å². The average Bonchev–Trinajstić information content (AvgIpc) is 2.19. The largest absolute Gasteiger partial charge is 0.350 e. The Bertz CT molecular complexity index is 206. The molecule has 3 nitrogen and oxygen atoms in total. The molecule has 0 saturated heterocycles. The summed E-state index contributed by atoms with van der Waals surface area (Å²) < 4.78 is 0. The maximum absolute atomic E-state index is 11.9. The van der Waals surface area contributed by atoms with E-state index in [1.165, 1.54) is 6.42 Å². The summed E-state index contributed by atoms with van der Waals surface area (Å²) in [5.41, 5.74) is 5.57. The van der Waals surface area contributed by atoms with Crippen LogP contribution in [0, 0.1) is 5.92 Å². The lowest BCUT2D eigenvalue weighted by molar-refractivity contribution is -0.127. The van der Waals surface area contributed by atoms with Crippen molar-refractivity contribution in [2.75, 3.05) is 6.54 Å². The molecular formula is C12H24N2O. The maximum Gasteiger partial charge on any atom is 0.223 e. The van der Waals surface area contributed by atoms with Gasteiger partial charge in [-0.2, -0.15) is 0 Å². The SMILES string of the molecule is CCC1(NC(=O)C(C)CCCN)CCC1. The van der Waals surface area contributed by atoms with E-state index in [-0.39, 0.29) is 17.4 Å². The zero-order valence-electron chi connectivity index (χ0n) is 10.0. The van der Waals surface area contributed by atoms with Gasteiger partial charge in [-0.15, -0.1) is 0 Å². The Morgan fingerprint density at radius 3 is 2.60 bits per heavy atom. The van der Waals surface area contributed by atoms with Crippen molar-refractivity contribution in [2.45, 2.75) is 57.9 Å². The van der Waals surface area contributed by atoms with Crippen LogP contribution in [0.25, 0.3) is 0 Å². The van der Waals surface area contributed by atoms with Crippen molar-refractivity contribution in [3.05, 3.63) is 0 Å². The molecular weight excluding hydrogens is 188 g/mol. The highest BCUT2D eigenvalue weighted by Crippen LogP contribution is 2.34. The van der Waals surface area contributed by atoms with Crippen molar-refractivity contribution in [1.82, 2.24) is 5.32 Å². The molecule has 0 aromatic heterocycles. The van der Waals surface area contributed by atoms with Crippen LogP contribution in [0.2, 0.25) is 0 Å². The molecule has 3 N–H and O–H groups in total. The fraction of sp³-hybridized carbons (Fsp3) is 0.917. The van der Waals surface area contributed by atoms with Gasteiger partial charge in [0.05, 0.1) is 0 Å². The monoisotopic (exact) mass is 212 g/mol. The van der Waals surface area contributed by atoms with Crippen molar-refractivity contribution in [2.24, 2.45) is 11.7 Å². The van der Waals surface area contributed by atoms with Crippen molar-refractivity contribution in [3.8, 4) is 0 Å². The molecule has 1 saturated carbocycles. The summed E-state index contributed by atoms with van der Waals surface area (Å²) in [5.74, 6) is 0.322. The summed E-state index contributed by atoms with van der Waals surface area (Å²) >= 11 is 0. The molecule has 0 bridgehead atoms. The van der Waals surface area contributed by atoms with E-state index in [0.29, 0.717) is 6.54 Å². The standard InChI is InChI=1S/C12H24N2O/c1-3-12(7-5-8-12)14-11(15)10(2)6-4-9-13/h10H,3-9,13H2,1-2H3,(H,14,15). The zero-order valence-corrected chi connectivity index (χ0v) is 10.0. The van der Waals surface area contributed by atoms with E-state index >= 15 is 0 Å². The Kier molecular flexibility index (Phi) is 4.58. The molecule has 0 aliphatic heterocycles. The molecule has 1 fully saturated rings. The van der Waals surface area contributed by atoms with Crippen LogP contribution in [-0.2, 0) is 4.79 Å². The summed E-state index contributed by atoms with van der Waals surface area (Å²) in [6.45, 7) is 4.83. The van der Waals surface area contributed by atoms with Crippen molar-refractivity contribution in [3.63, 3.8) is 0 Å². The van der Waals surface area contributed by atoms with Gasteiger partial charge in [-0.3, -0.25) is 4.79 Å². The summed E-state index contributed by atoms with van der Waals surface area (Å²) in [5, 5.41) is 3.21. The summed E-state index contributed by atoms with van der Waals surface area (Å²) in [6, 6.07) is 0. The lowest BCUT2D eigenvalue weighted by Gasteiger charge is -2.42.